The van der Waals surface area contributed by atoms with Crippen molar-refractivity contribution >= 4 is 46.4 Å². The predicted molar refractivity (Wildman–Crippen MR) is 171 cm³/mol. The topological polar surface area (TPSA) is 141 Å². The molecule has 0 aliphatic heterocycles. The number of unbranched alkanes of at least 4 members (excludes halogenated alkanes) is 1. The Morgan fingerprint density at radius 2 is 1.60 bits per heavy atom. The third-order valence-electron chi connectivity index (χ3n) is 6.40. The van der Waals surface area contributed by atoms with Crippen molar-refractivity contribution in [3.63, 3.8) is 0 Å². The van der Waals surface area contributed by atoms with E-state index in [0.29, 0.717) is 24.6 Å². The van der Waals surface area contributed by atoms with E-state index in [0.717, 1.165) is 35.9 Å². The number of benzene rings is 1. The van der Waals surface area contributed by atoms with Crippen LogP contribution in [0.25, 0.3) is 10.9 Å². The number of carbonyl (C=O) groups excluding carboxylic acids is 4. The Kier molecular flexibility index (Phi) is 18.3. The Bertz CT molecular complexity index is 1110. The molecule has 3 atom stereocenters. The molecule has 1 heterocycles. The van der Waals surface area contributed by atoms with E-state index in [1.54, 1.807) is 18.7 Å². The zero-order chi connectivity index (χ0) is 31.5. The van der Waals surface area contributed by atoms with Crippen LogP contribution >= 0.6 is 11.8 Å². The molecular formula is C31H51N5O5S. The number of thioether (sulfide) groups is 1. The first kappa shape index (κ1) is 37.0. The van der Waals surface area contributed by atoms with Crippen LogP contribution in [0.15, 0.2) is 30.5 Å². The molecule has 0 bridgehead atoms. The van der Waals surface area contributed by atoms with E-state index in [1.807, 2.05) is 50.6 Å². The van der Waals surface area contributed by atoms with Crippen molar-refractivity contribution in [2.24, 2.45) is 0 Å². The van der Waals surface area contributed by atoms with Crippen molar-refractivity contribution < 1.29 is 23.9 Å². The molecule has 0 aliphatic rings. The van der Waals surface area contributed by atoms with Crippen LogP contribution in [0, 0.1) is 0 Å². The molecule has 42 heavy (non-hydrogen) atoms. The van der Waals surface area contributed by atoms with Crippen molar-refractivity contribution in [3.8, 4) is 0 Å². The number of nitrogens with one attached hydrogen (secondary N) is 5. The summed E-state index contributed by atoms with van der Waals surface area (Å²) in [6, 6.07) is 5.53. The fraction of sp³-hybridized carbons (Fsp3) is 0.613. The number of rotatable bonds is 18. The lowest BCUT2D eigenvalue weighted by Gasteiger charge is -2.25. The smallest absolute Gasteiger partial charge is 0.328 e. The highest BCUT2D eigenvalue weighted by atomic mass is 32.2. The van der Waals surface area contributed by atoms with Gasteiger partial charge in [0.15, 0.2) is 0 Å². The van der Waals surface area contributed by atoms with Gasteiger partial charge in [-0.25, -0.2) is 4.79 Å². The fourth-order valence-corrected chi connectivity index (χ4v) is 4.85. The van der Waals surface area contributed by atoms with Crippen molar-refractivity contribution in [1.82, 2.24) is 26.3 Å². The van der Waals surface area contributed by atoms with Gasteiger partial charge in [0.2, 0.25) is 17.7 Å². The van der Waals surface area contributed by atoms with Gasteiger partial charge in [-0.1, -0.05) is 45.9 Å². The number of hydrogen-bond acceptors (Lipinski definition) is 7. The molecule has 0 radical (unpaired) electrons. The van der Waals surface area contributed by atoms with E-state index in [4.69, 9.17) is 4.74 Å². The van der Waals surface area contributed by atoms with Crippen LogP contribution in [0.5, 0.6) is 0 Å². The van der Waals surface area contributed by atoms with Gasteiger partial charge in [0.25, 0.3) is 0 Å². The maximum absolute atomic E-state index is 13.4. The number of esters is 1. The van der Waals surface area contributed by atoms with Crippen LogP contribution in [0.1, 0.15) is 72.8 Å². The molecule has 5 N–H and O–H groups in total. The minimum atomic E-state index is -0.879. The molecule has 10 nitrogen and oxygen atoms in total. The Hall–Kier alpha value is -3.05. The largest absolute Gasteiger partial charge is 0.464 e. The third kappa shape index (κ3) is 13.3. The highest BCUT2D eigenvalue weighted by Gasteiger charge is 2.30. The third-order valence-corrected chi connectivity index (χ3v) is 7.04. The fourth-order valence-electron chi connectivity index (χ4n) is 4.38. The Balaban J connectivity index is 0.00000431. The van der Waals surface area contributed by atoms with Crippen LogP contribution in [-0.2, 0) is 30.3 Å². The van der Waals surface area contributed by atoms with E-state index in [1.165, 1.54) is 6.92 Å². The summed E-state index contributed by atoms with van der Waals surface area (Å²) < 4.78 is 5.21. The Morgan fingerprint density at radius 1 is 0.929 bits per heavy atom. The minimum absolute atomic E-state index is 0.207. The highest BCUT2D eigenvalue weighted by Crippen LogP contribution is 2.19. The molecule has 3 amide bonds. The lowest BCUT2D eigenvalue weighted by atomic mass is 10.0. The van der Waals surface area contributed by atoms with Gasteiger partial charge in [-0.15, -0.1) is 0 Å². The summed E-state index contributed by atoms with van der Waals surface area (Å²) in [4.78, 5) is 54.6. The first-order chi connectivity index (χ1) is 20.2. The number of hydrogen-bond donors (Lipinski definition) is 5. The summed E-state index contributed by atoms with van der Waals surface area (Å²) in [7, 11) is 0. The minimum Gasteiger partial charge on any atom is -0.464 e. The second-order valence-corrected chi connectivity index (χ2v) is 11.1. The predicted octanol–water partition coefficient (Wildman–Crippen LogP) is 3.70. The van der Waals surface area contributed by atoms with Gasteiger partial charge in [-0.2, -0.15) is 11.8 Å². The van der Waals surface area contributed by atoms with Crippen LogP contribution in [0.2, 0.25) is 0 Å². The number of amides is 3. The second kappa shape index (κ2) is 20.8. The van der Waals surface area contributed by atoms with E-state index in [-0.39, 0.29) is 18.9 Å². The molecular weight excluding hydrogens is 554 g/mol. The average Bonchev–Trinajstić information content (AvgIpc) is 3.37. The Morgan fingerprint density at radius 3 is 2.24 bits per heavy atom. The molecule has 11 heteroatoms. The number of para-hydroxylation sites is 1. The van der Waals surface area contributed by atoms with E-state index in [9.17, 15) is 19.2 Å². The molecule has 0 aliphatic carbocycles. The van der Waals surface area contributed by atoms with Gasteiger partial charge in [0.05, 0.1) is 6.61 Å². The second-order valence-electron chi connectivity index (χ2n) is 10.1. The van der Waals surface area contributed by atoms with Crippen molar-refractivity contribution in [3.05, 3.63) is 36.0 Å². The zero-order valence-corrected chi connectivity index (χ0v) is 27.1. The van der Waals surface area contributed by atoms with E-state index < -0.39 is 35.9 Å². The summed E-state index contributed by atoms with van der Waals surface area (Å²) in [5.41, 5.74) is 1.81. The van der Waals surface area contributed by atoms with Crippen molar-refractivity contribution in [2.45, 2.75) is 97.8 Å². The molecule has 1 aromatic carbocycles. The summed E-state index contributed by atoms with van der Waals surface area (Å²) in [5.74, 6) is -1.13. The van der Waals surface area contributed by atoms with Gasteiger partial charge in [-0.05, 0) is 62.8 Å². The maximum Gasteiger partial charge on any atom is 0.328 e. The molecule has 236 valence electrons. The number of fused-ring (bicyclic) bond motifs is 1. The summed E-state index contributed by atoms with van der Waals surface area (Å²) in [6.45, 7) is 12.2. The maximum atomic E-state index is 13.4. The van der Waals surface area contributed by atoms with Crippen LogP contribution in [-0.4, -0.2) is 78.0 Å². The molecule has 2 aromatic rings. The normalized spacial score (nSPS) is 13.0. The summed E-state index contributed by atoms with van der Waals surface area (Å²) in [6.07, 6.45) is 6.37. The number of H-pyrrole nitrogens is 1. The molecule has 0 fully saturated rings. The van der Waals surface area contributed by atoms with E-state index in [2.05, 4.69) is 40.1 Å². The molecule has 0 spiro atoms. The standard InChI is InChI=1S/C29H45N5O5S.C2H6/c1-6-39-29(38)25(13-9-10-15-30-19(2)3)34-27(36)24(14-16-40-5)33-28(37)26(32-20(4)35)17-21-18-31-23-12-8-7-11-22(21)23;1-2/h7-8,11-12,18-19,24-26,30-31H,6,9-10,13-17H2,1-5H3,(H,32,35)(H,33,37)(H,34,36);1-2H3. The number of carbonyl (C=O) groups is 4. The summed E-state index contributed by atoms with van der Waals surface area (Å²) >= 11 is 1.55. The van der Waals surface area contributed by atoms with Gasteiger partial charge < -0.3 is 31.0 Å². The SMILES string of the molecule is CC.CCOC(=O)C(CCCCNC(C)C)NC(=O)C(CCSC)NC(=O)C(Cc1c[nH]c2ccccc12)NC(C)=O. The number of aromatic nitrogens is 1. The van der Waals surface area contributed by atoms with Crippen LogP contribution in [0.3, 0.4) is 0 Å². The van der Waals surface area contributed by atoms with Crippen molar-refractivity contribution in [2.75, 3.05) is 25.2 Å². The Labute approximate surface area is 255 Å². The van der Waals surface area contributed by atoms with Gasteiger partial charge in [0, 0.05) is 36.5 Å². The van der Waals surface area contributed by atoms with E-state index >= 15 is 0 Å². The molecule has 3 unspecified atom stereocenters. The monoisotopic (exact) mass is 605 g/mol. The van der Waals surface area contributed by atoms with Gasteiger partial charge >= 0.3 is 5.97 Å². The highest BCUT2D eigenvalue weighted by molar-refractivity contribution is 7.98. The lowest BCUT2D eigenvalue weighted by Crippen LogP contribution is -2.56. The zero-order valence-electron chi connectivity index (χ0n) is 26.3. The number of ether oxygens (including phenoxy) is 1. The molecule has 0 saturated carbocycles. The average molecular weight is 606 g/mol. The molecule has 0 saturated heterocycles. The van der Waals surface area contributed by atoms with Crippen LogP contribution in [0.4, 0.5) is 0 Å². The summed E-state index contributed by atoms with van der Waals surface area (Å²) in [5, 5.41) is 12.7. The first-order valence-electron chi connectivity index (χ1n) is 15.0. The van der Waals surface area contributed by atoms with Crippen LogP contribution < -0.4 is 21.3 Å². The number of aromatic amines is 1. The first-order valence-corrected chi connectivity index (χ1v) is 16.4. The van der Waals surface area contributed by atoms with Gasteiger partial charge in [0.1, 0.15) is 18.1 Å². The molecule has 1 aromatic heterocycles. The van der Waals surface area contributed by atoms with Crippen molar-refractivity contribution in [1.29, 1.82) is 0 Å². The van der Waals surface area contributed by atoms with Gasteiger partial charge in [-0.3, -0.25) is 14.4 Å². The molecule has 2 rings (SSSR count). The lowest BCUT2D eigenvalue weighted by molar-refractivity contribution is -0.148. The quantitative estimate of drug-likeness (QED) is 0.129.